The molecule has 74 valence electrons. The van der Waals surface area contributed by atoms with E-state index in [-0.39, 0.29) is 23.5 Å². The molecular formula is C10H11NO3. The molecule has 0 unspecified atom stereocenters. The minimum Gasteiger partial charge on any atom is -0.462 e. The lowest BCUT2D eigenvalue weighted by Gasteiger charge is -1.99. The SMILES string of the molecule is C=C(/C=C(\C#N)C(=O)OCC)C(C)=O. The Hall–Kier alpha value is -1.89. The molecule has 0 heterocycles. The lowest BCUT2D eigenvalue weighted by atomic mass is 10.1. The van der Waals surface area contributed by atoms with Crippen molar-refractivity contribution in [3.63, 3.8) is 0 Å². The zero-order chi connectivity index (χ0) is 11.1. The van der Waals surface area contributed by atoms with Crippen LogP contribution in [0.3, 0.4) is 0 Å². The van der Waals surface area contributed by atoms with Gasteiger partial charge in [-0.1, -0.05) is 6.58 Å². The molecule has 0 aromatic rings. The van der Waals surface area contributed by atoms with Gasteiger partial charge in [-0.05, 0) is 19.9 Å². The van der Waals surface area contributed by atoms with Crippen molar-refractivity contribution in [3.8, 4) is 6.07 Å². The number of nitrogens with zero attached hydrogens (tertiary/aromatic N) is 1. The molecule has 0 fully saturated rings. The largest absolute Gasteiger partial charge is 0.462 e. The van der Waals surface area contributed by atoms with E-state index >= 15 is 0 Å². The van der Waals surface area contributed by atoms with Crippen molar-refractivity contribution < 1.29 is 14.3 Å². The molecule has 0 aliphatic rings. The first kappa shape index (κ1) is 12.1. The fraction of sp³-hybridized carbons (Fsp3) is 0.300. The van der Waals surface area contributed by atoms with E-state index < -0.39 is 5.97 Å². The van der Waals surface area contributed by atoms with Crippen molar-refractivity contribution in [1.29, 1.82) is 5.26 Å². The van der Waals surface area contributed by atoms with Crippen LogP contribution in [0, 0.1) is 11.3 Å². The van der Waals surface area contributed by atoms with Crippen LogP contribution in [0.1, 0.15) is 13.8 Å². The fourth-order valence-corrected chi connectivity index (χ4v) is 0.622. The summed E-state index contributed by atoms with van der Waals surface area (Å²) in [6.45, 7) is 6.52. The van der Waals surface area contributed by atoms with Crippen LogP contribution in [0.25, 0.3) is 0 Å². The number of ketones is 1. The van der Waals surface area contributed by atoms with Gasteiger partial charge in [0, 0.05) is 5.57 Å². The topological polar surface area (TPSA) is 67.2 Å². The number of rotatable bonds is 4. The van der Waals surface area contributed by atoms with Crippen LogP contribution in [0.2, 0.25) is 0 Å². The van der Waals surface area contributed by atoms with E-state index in [0.29, 0.717) is 0 Å². The zero-order valence-corrected chi connectivity index (χ0v) is 8.16. The van der Waals surface area contributed by atoms with Crippen molar-refractivity contribution in [2.45, 2.75) is 13.8 Å². The number of ether oxygens (including phenoxy) is 1. The summed E-state index contributed by atoms with van der Waals surface area (Å²) in [7, 11) is 0. The van der Waals surface area contributed by atoms with Gasteiger partial charge in [-0.3, -0.25) is 4.79 Å². The molecule has 0 aliphatic heterocycles. The van der Waals surface area contributed by atoms with Crippen molar-refractivity contribution >= 4 is 11.8 Å². The van der Waals surface area contributed by atoms with E-state index in [1.165, 1.54) is 6.92 Å². The van der Waals surface area contributed by atoms with Crippen molar-refractivity contribution in [2.75, 3.05) is 6.61 Å². The van der Waals surface area contributed by atoms with Crippen LogP contribution in [0.4, 0.5) is 0 Å². The summed E-state index contributed by atoms with van der Waals surface area (Å²) in [5.41, 5.74) is -0.110. The third-order valence-electron chi connectivity index (χ3n) is 1.39. The highest BCUT2D eigenvalue weighted by Gasteiger charge is 2.10. The van der Waals surface area contributed by atoms with Gasteiger partial charge in [0.1, 0.15) is 11.6 Å². The van der Waals surface area contributed by atoms with E-state index in [4.69, 9.17) is 5.26 Å². The maximum Gasteiger partial charge on any atom is 0.348 e. The number of esters is 1. The quantitative estimate of drug-likeness (QED) is 0.290. The molecule has 0 rings (SSSR count). The fourth-order valence-electron chi connectivity index (χ4n) is 0.622. The third-order valence-corrected chi connectivity index (χ3v) is 1.39. The summed E-state index contributed by atoms with van der Waals surface area (Å²) in [5.74, 6) is -1.03. The molecule has 0 amide bonds. The molecule has 0 aromatic carbocycles. The molecule has 0 N–H and O–H groups in total. The number of allylic oxidation sites excluding steroid dienone is 2. The molecular weight excluding hydrogens is 182 g/mol. The molecule has 4 nitrogen and oxygen atoms in total. The van der Waals surface area contributed by atoms with Gasteiger partial charge < -0.3 is 4.74 Å². The van der Waals surface area contributed by atoms with E-state index in [9.17, 15) is 9.59 Å². The van der Waals surface area contributed by atoms with Crippen molar-refractivity contribution in [2.24, 2.45) is 0 Å². The van der Waals surface area contributed by atoms with Gasteiger partial charge in [0.15, 0.2) is 5.78 Å². The predicted molar refractivity (Wildman–Crippen MR) is 50.2 cm³/mol. The Morgan fingerprint density at radius 1 is 1.57 bits per heavy atom. The van der Waals surface area contributed by atoms with Gasteiger partial charge >= 0.3 is 5.97 Å². The van der Waals surface area contributed by atoms with Crippen LogP contribution < -0.4 is 0 Å². The molecule has 0 atom stereocenters. The number of hydrogen-bond donors (Lipinski definition) is 0. The summed E-state index contributed by atoms with van der Waals surface area (Å²) in [5, 5.41) is 8.58. The summed E-state index contributed by atoms with van der Waals surface area (Å²) in [6, 6.07) is 1.65. The Labute approximate surface area is 82.5 Å². The third kappa shape index (κ3) is 3.68. The van der Waals surface area contributed by atoms with E-state index in [0.717, 1.165) is 6.08 Å². The van der Waals surface area contributed by atoms with E-state index in [1.807, 2.05) is 0 Å². The van der Waals surface area contributed by atoms with E-state index in [1.54, 1.807) is 13.0 Å². The summed E-state index contributed by atoms with van der Waals surface area (Å²) in [4.78, 5) is 21.8. The highest BCUT2D eigenvalue weighted by molar-refractivity contribution is 6.00. The Bertz CT molecular complexity index is 334. The second-order valence-electron chi connectivity index (χ2n) is 2.47. The normalized spacial score (nSPS) is 10.2. The molecule has 0 spiro atoms. The number of nitriles is 1. The van der Waals surface area contributed by atoms with Crippen LogP contribution in [0.5, 0.6) is 0 Å². The molecule has 0 bridgehead atoms. The summed E-state index contributed by atoms with van der Waals surface area (Å²) < 4.78 is 4.59. The number of hydrogen-bond acceptors (Lipinski definition) is 4. The first-order valence-corrected chi connectivity index (χ1v) is 4.01. The van der Waals surface area contributed by atoms with Gasteiger partial charge in [0.2, 0.25) is 0 Å². The lowest BCUT2D eigenvalue weighted by Crippen LogP contribution is -2.07. The molecule has 0 aliphatic carbocycles. The van der Waals surface area contributed by atoms with Gasteiger partial charge in [0.25, 0.3) is 0 Å². The molecule has 0 saturated heterocycles. The highest BCUT2D eigenvalue weighted by atomic mass is 16.5. The van der Waals surface area contributed by atoms with E-state index in [2.05, 4.69) is 11.3 Å². The molecule has 0 aromatic heterocycles. The number of Topliss-reactive ketones (excluding diaryl/α,β-unsaturated/α-hetero) is 1. The van der Waals surface area contributed by atoms with Gasteiger partial charge in [-0.2, -0.15) is 5.26 Å². The van der Waals surface area contributed by atoms with Crippen LogP contribution in [0.15, 0.2) is 23.8 Å². The standard InChI is InChI=1S/C10H11NO3/c1-4-14-10(13)9(6-11)5-7(2)8(3)12/h5H,2,4H2,1,3H3/b9-5+. The maximum absolute atomic E-state index is 11.1. The first-order chi connectivity index (χ1) is 6.52. The average molecular weight is 193 g/mol. The van der Waals surface area contributed by atoms with Crippen LogP contribution in [-0.2, 0) is 14.3 Å². The minimum absolute atomic E-state index is 0.106. The Morgan fingerprint density at radius 2 is 2.14 bits per heavy atom. The number of carbonyl (C=O) groups is 2. The zero-order valence-electron chi connectivity index (χ0n) is 8.16. The molecule has 4 heteroatoms. The lowest BCUT2D eigenvalue weighted by molar-refractivity contribution is -0.138. The maximum atomic E-state index is 11.1. The van der Waals surface area contributed by atoms with Gasteiger partial charge in [-0.25, -0.2) is 4.79 Å². The van der Waals surface area contributed by atoms with Crippen molar-refractivity contribution in [1.82, 2.24) is 0 Å². The Morgan fingerprint density at radius 3 is 2.50 bits per heavy atom. The Balaban J connectivity index is 4.74. The summed E-state index contributed by atoms with van der Waals surface area (Å²) in [6.07, 6.45) is 1.13. The van der Waals surface area contributed by atoms with Gasteiger partial charge in [-0.15, -0.1) is 0 Å². The second kappa shape index (κ2) is 5.70. The van der Waals surface area contributed by atoms with Gasteiger partial charge in [0.05, 0.1) is 6.61 Å². The first-order valence-electron chi connectivity index (χ1n) is 4.01. The monoisotopic (exact) mass is 193 g/mol. The number of carbonyl (C=O) groups excluding carboxylic acids is 2. The summed E-state index contributed by atoms with van der Waals surface area (Å²) >= 11 is 0. The van der Waals surface area contributed by atoms with Crippen LogP contribution in [-0.4, -0.2) is 18.4 Å². The second-order valence-corrected chi connectivity index (χ2v) is 2.47. The average Bonchev–Trinajstić information content (AvgIpc) is 2.13. The van der Waals surface area contributed by atoms with Crippen molar-refractivity contribution in [3.05, 3.63) is 23.8 Å². The minimum atomic E-state index is -0.739. The highest BCUT2D eigenvalue weighted by Crippen LogP contribution is 2.03. The smallest absolute Gasteiger partial charge is 0.348 e. The van der Waals surface area contributed by atoms with Crippen LogP contribution >= 0.6 is 0 Å². The molecule has 14 heavy (non-hydrogen) atoms. The molecule has 0 radical (unpaired) electrons. The molecule has 0 saturated carbocycles. The predicted octanol–water partition coefficient (Wildman–Crippen LogP) is 1.14. The Kier molecular flexibility index (Phi) is 4.93.